The summed E-state index contributed by atoms with van der Waals surface area (Å²) in [6, 6.07) is 0. The molecule has 8 nitrogen and oxygen atoms in total. The number of nitrogens with one attached hydrogen (secondary N) is 1. The molecule has 0 fully saturated rings. The number of nitrogens with zero attached hydrogens (tertiary/aromatic N) is 1. The molecule has 72 heavy (non-hydrogen) atoms. The number of hydrogen-bond acceptors (Lipinski definition) is 8. The predicted octanol–water partition coefficient (Wildman–Crippen LogP) is 18.3. The second kappa shape index (κ2) is 56.3. The molecule has 0 rings (SSSR count). The second-order valence-corrected chi connectivity index (χ2v) is 21.8. The Labute approximate surface area is 447 Å². The van der Waals surface area contributed by atoms with E-state index in [1.165, 1.54) is 173 Å². The van der Waals surface area contributed by atoms with Crippen molar-refractivity contribution in [3.63, 3.8) is 0 Å². The Morgan fingerprint density at radius 1 is 0.361 bits per heavy atom. The standard InChI is InChI=1S/C64H120N2O6/c1-6-9-12-15-18-21-24-27-30-33-36-39-42-45-48-52-61(67)70-58-64(57-65-55-51-56-66(4)5,59-71-62(68)53-49-46-43-40-37-34-31-28-25-22-19-16-13-10-7-2)60-72-63(69)54-50-47-44-41-38-35-32-29-26-23-20-17-14-11-8-3/h27-32,65H,6-26,33-60H2,1-5H3/b30-27-,31-28-,32-29-. The Morgan fingerprint density at radius 3 is 0.875 bits per heavy atom. The molecule has 0 unspecified atom stereocenters. The van der Waals surface area contributed by atoms with Gasteiger partial charge < -0.3 is 24.4 Å². The largest absolute Gasteiger partial charge is 0.465 e. The topological polar surface area (TPSA) is 94.2 Å². The molecule has 0 bridgehead atoms. The molecule has 0 aromatic heterocycles. The van der Waals surface area contributed by atoms with Gasteiger partial charge in [0.15, 0.2) is 0 Å². The van der Waals surface area contributed by atoms with Crippen molar-refractivity contribution in [2.45, 2.75) is 297 Å². The van der Waals surface area contributed by atoms with Crippen molar-refractivity contribution in [3.05, 3.63) is 36.5 Å². The Kier molecular flexibility index (Phi) is 54.4. The number of unbranched alkanes of at least 4 members (excludes halogenated alkanes) is 33. The van der Waals surface area contributed by atoms with Crippen LogP contribution in [-0.4, -0.2) is 76.4 Å². The van der Waals surface area contributed by atoms with Crippen molar-refractivity contribution >= 4 is 17.9 Å². The highest BCUT2D eigenvalue weighted by molar-refractivity contribution is 5.70. The van der Waals surface area contributed by atoms with E-state index >= 15 is 0 Å². The summed E-state index contributed by atoms with van der Waals surface area (Å²) in [4.78, 5) is 41.8. The molecule has 0 atom stereocenters. The molecule has 0 amide bonds. The van der Waals surface area contributed by atoms with Gasteiger partial charge in [-0.2, -0.15) is 0 Å². The van der Waals surface area contributed by atoms with Crippen LogP contribution in [0, 0.1) is 5.41 Å². The van der Waals surface area contributed by atoms with Gasteiger partial charge in [-0.15, -0.1) is 0 Å². The number of carbonyl (C=O) groups excluding carboxylic acids is 3. The van der Waals surface area contributed by atoms with Gasteiger partial charge in [-0.1, -0.05) is 211 Å². The Bertz CT molecular complexity index is 1130. The van der Waals surface area contributed by atoms with E-state index in [2.05, 4.69) is 81.5 Å². The highest BCUT2D eigenvalue weighted by Crippen LogP contribution is 2.22. The van der Waals surface area contributed by atoms with Crippen molar-refractivity contribution in [1.29, 1.82) is 0 Å². The minimum atomic E-state index is -0.882. The Balaban J connectivity index is 5.12. The zero-order chi connectivity index (χ0) is 52.5. The monoisotopic (exact) mass is 1010 g/mol. The molecule has 0 heterocycles. The van der Waals surface area contributed by atoms with Gasteiger partial charge >= 0.3 is 17.9 Å². The van der Waals surface area contributed by atoms with Crippen LogP contribution in [0.5, 0.6) is 0 Å². The van der Waals surface area contributed by atoms with Crippen LogP contribution < -0.4 is 5.32 Å². The van der Waals surface area contributed by atoms with Gasteiger partial charge in [0.05, 0.1) is 5.41 Å². The molecule has 1 N–H and O–H groups in total. The summed E-state index contributed by atoms with van der Waals surface area (Å²) in [5, 5.41) is 3.54. The third-order valence-corrected chi connectivity index (χ3v) is 14.0. The van der Waals surface area contributed by atoms with Gasteiger partial charge in [-0.25, -0.2) is 0 Å². The molecular weight excluding hydrogens is 893 g/mol. The maximum Gasteiger partial charge on any atom is 0.305 e. The number of esters is 3. The molecule has 8 heteroatoms. The van der Waals surface area contributed by atoms with E-state index in [1.54, 1.807) is 0 Å². The van der Waals surface area contributed by atoms with E-state index in [1.807, 2.05) is 0 Å². The van der Waals surface area contributed by atoms with Crippen LogP contribution in [0.2, 0.25) is 0 Å². The minimum absolute atomic E-state index is 0.0267. The van der Waals surface area contributed by atoms with E-state index in [0.717, 1.165) is 96.6 Å². The van der Waals surface area contributed by atoms with Crippen molar-refractivity contribution in [2.24, 2.45) is 5.41 Å². The first-order valence-electron chi connectivity index (χ1n) is 31.1. The number of rotatable bonds is 57. The van der Waals surface area contributed by atoms with Gasteiger partial charge in [0.25, 0.3) is 0 Å². The summed E-state index contributed by atoms with van der Waals surface area (Å²) in [5.41, 5.74) is -0.882. The zero-order valence-electron chi connectivity index (χ0n) is 48.5. The lowest BCUT2D eigenvalue weighted by atomic mass is 9.90. The molecule has 422 valence electrons. The molecule has 0 aliphatic heterocycles. The van der Waals surface area contributed by atoms with Crippen LogP contribution in [0.4, 0.5) is 0 Å². The Hall–Kier alpha value is -2.45. The average molecular weight is 1010 g/mol. The number of allylic oxidation sites excluding steroid dienone is 6. The van der Waals surface area contributed by atoms with E-state index in [-0.39, 0.29) is 37.7 Å². The van der Waals surface area contributed by atoms with Crippen molar-refractivity contribution in [2.75, 3.05) is 53.6 Å². The van der Waals surface area contributed by atoms with Crippen LogP contribution in [-0.2, 0) is 28.6 Å². The van der Waals surface area contributed by atoms with Crippen molar-refractivity contribution < 1.29 is 28.6 Å². The van der Waals surface area contributed by atoms with Crippen molar-refractivity contribution in [1.82, 2.24) is 10.2 Å². The average Bonchev–Trinajstić information content (AvgIpc) is 3.37. The molecule has 0 aliphatic rings. The molecule has 0 saturated carbocycles. The SMILES string of the molecule is CCCCCCCC/C=C\CCCCCCCC(=O)OCC(CNCCCN(C)C)(COC(=O)CCCCCCC/C=C\CCCCCCCC)COC(=O)CCCCCCC/C=C\CCCCCCCC. The van der Waals surface area contributed by atoms with E-state index < -0.39 is 5.41 Å². The summed E-state index contributed by atoms with van der Waals surface area (Å²) in [7, 11) is 4.12. The summed E-state index contributed by atoms with van der Waals surface area (Å²) in [5.74, 6) is -0.739. The predicted molar refractivity (Wildman–Crippen MR) is 310 cm³/mol. The number of hydrogen-bond donors (Lipinski definition) is 1. The third-order valence-electron chi connectivity index (χ3n) is 14.0. The molecule has 0 aromatic rings. The van der Waals surface area contributed by atoms with Crippen LogP contribution in [0.1, 0.15) is 297 Å². The van der Waals surface area contributed by atoms with Gasteiger partial charge in [-0.05, 0) is 130 Å². The molecule has 0 spiro atoms. The smallest absolute Gasteiger partial charge is 0.305 e. The fourth-order valence-corrected chi connectivity index (χ4v) is 9.09. The fourth-order valence-electron chi connectivity index (χ4n) is 9.09. The lowest BCUT2D eigenvalue weighted by molar-refractivity contribution is -0.161. The van der Waals surface area contributed by atoms with Crippen LogP contribution in [0.15, 0.2) is 36.5 Å². The molecule has 0 aliphatic carbocycles. The van der Waals surface area contributed by atoms with E-state index in [0.29, 0.717) is 25.8 Å². The Morgan fingerprint density at radius 2 is 0.611 bits per heavy atom. The molecule has 0 saturated heterocycles. The first-order chi connectivity index (χ1) is 35.3. The van der Waals surface area contributed by atoms with E-state index in [4.69, 9.17) is 14.2 Å². The zero-order valence-corrected chi connectivity index (χ0v) is 48.5. The molecular formula is C64H120N2O6. The molecule has 0 radical (unpaired) electrons. The van der Waals surface area contributed by atoms with Crippen LogP contribution in [0.3, 0.4) is 0 Å². The summed E-state index contributed by atoms with van der Waals surface area (Å²) in [6.45, 7) is 8.96. The number of ether oxygens (including phenoxy) is 3. The van der Waals surface area contributed by atoms with Gasteiger partial charge in [0, 0.05) is 25.8 Å². The quantitative estimate of drug-likeness (QED) is 0.0279. The molecule has 0 aromatic carbocycles. The highest BCUT2D eigenvalue weighted by atomic mass is 16.6. The van der Waals surface area contributed by atoms with Crippen molar-refractivity contribution in [3.8, 4) is 0 Å². The summed E-state index contributed by atoms with van der Waals surface area (Å²) < 4.78 is 17.9. The maximum absolute atomic E-state index is 13.2. The lowest BCUT2D eigenvalue weighted by Crippen LogP contribution is -2.47. The van der Waals surface area contributed by atoms with Crippen LogP contribution in [0.25, 0.3) is 0 Å². The van der Waals surface area contributed by atoms with Crippen LogP contribution >= 0.6 is 0 Å². The van der Waals surface area contributed by atoms with Gasteiger partial charge in [-0.3, -0.25) is 14.4 Å². The first-order valence-corrected chi connectivity index (χ1v) is 31.1. The van der Waals surface area contributed by atoms with Gasteiger partial charge in [0.1, 0.15) is 19.8 Å². The summed E-state index contributed by atoms with van der Waals surface area (Å²) >= 11 is 0. The third kappa shape index (κ3) is 52.4. The lowest BCUT2D eigenvalue weighted by Gasteiger charge is -2.32. The maximum atomic E-state index is 13.2. The fraction of sp³-hybridized carbons (Fsp3) is 0.859. The van der Waals surface area contributed by atoms with Gasteiger partial charge in [0.2, 0.25) is 0 Å². The first kappa shape index (κ1) is 69.5. The minimum Gasteiger partial charge on any atom is -0.465 e. The van der Waals surface area contributed by atoms with E-state index in [9.17, 15) is 14.4 Å². The summed E-state index contributed by atoms with van der Waals surface area (Å²) in [6.07, 6.45) is 63.0. The number of carbonyl (C=O) groups is 3. The second-order valence-electron chi connectivity index (χ2n) is 21.8. The normalized spacial score (nSPS) is 12.1. The highest BCUT2D eigenvalue weighted by Gasteiger charge is 2.36.